The van der Waals surface area contributed by atoms with Crippen molar-refractivity contribution in [2.45, 2.75) is 19.4 Å². The zero-order valence-corrected chi connectivity index (χ0v) is 10.1. The Bertz CT molecular complexity index is 419. The highest BCUT2D eigenvalue weighted by atomic mass is 35.5. The minimum atomic E-state index is -0.166. The first-order valence-corrected chi connectivity index (χ1v) is 5.62. The van der Waals surface area contributed by atoms with E-state index in [4.69, 9.17) is 16.3 Å². The SMILES string of the molecule is COC(=O)C1CCN1c1ccc(Cl)cc1C. The smallest absolute Gasteiger partial charge is 0.328 e. The fourth-order valence-electron chi connectivity index (χ4n) is 2.00. The molecule has 1 fully saturated rings. The fraction of sp³-hybridized carbons (Fsp3) is 0.417. The number of esters is 1. The second-order valence-corrected chi connectivity index (χ2v) is 4.39. The number of nitrogens with zero attached hydrogens (tertiary/aromatic N) is 1. The molecule has 3 nitrogen and oxygen atoms in total. The van der Waals surface area contributed by atoms with Crippen molar-refractivity contribution < 1.29 is 9.53 Å². The van der Waals surface area contributed by atoms with Gasteiger partial charge in [0.15, 0.2) is 0 Å². The van der Waals surface area contributed by atoms with E-state index in [1.807, 2.05) is 25.1 Å². The average molecular weight is 240 g/mol. The lowest BCUT2D eigenvalue weighted by molar-refractivity contribution is -0.143. The van der Waals surface area contributed by atoms with Crippen molar-refractivity contribution in [3.63, 3.8) is 0 Å². The summed E-state index contributed by atoms with van der Waals surface area (Å²) in [5.41, 5.74) is 2.15. The molecule has 1 aliphatic rings. The fourth-order valence-corrected chi connectivity index (χ4v) is 2.22. The molecule has 2 rings (SSSR count). The zero-order valence-electron chi connectivity index (χ0n) is 9.37. The molecule has 16 heavy (non-hydrogen) atoms. The van der Waals surface area contributed by atoms with Crippen LogP contribution >= 0.6 is 11.6 Å². The van der Waals surface area contributed by atoms with Crippen LogP contribution in [0.1, 0.15) is 12.0 Å². The maximum absolute atomic E-state index is 11.5. The quantitative estimate of drug-likeness (QED) is 0.743. The second-order valence-electron chi connectivity index (χ2n) is 3.95. The average Bonchev–Trinajstić information content (AvgIpc) is 2.20. The first-order chi connectivity index (χ1) is 7.63. The van der Waals surface area contributed by atoms with E-state index < -0.39 is 0 Å². The lowest BCUT2D eigenvalue weighted by Gasteiger charge is -2.41. The Hall–Kier alpha value is -1.22. The minimum Gasteiger partial charge on any atom is -0.467 e. The van der Waals surface area contributed by atoms with Crippen LogP contribution < -0.4 is 4.90 Å². The molecule has 1 aromatic rings. The Morgan fingerprint density at radius 1 is 1.56 bits per heavy atom. The second kappa shape index (κ2) is 4.34. The third-order valence-corrected chi connectivity index (χ3v) is 3.20. The van der Waals surface area contributed by atoms with Gasteiger partial charge in [-0.1, -0.05) is 11.6 Å². The van der Waals surface area contributed by atoms with Crippen LogP contribution in [0.2, 0.25) is 5.02 Å². The highest BCUT2D eigenvalue weighted by Crippen LogP contribution is 2.31. The molecule has 1 saturated heterocycles. The van der Waals surface area contributed by atoms with E-state index in [2.05, 4.69) is 4.90 Å². The first-order valence-electron chi connectivity index (χ1n) is 5.24. The monoisotopic (exact) mass is 239 g/mol. The summed E-state index contributed by atoms with van der Waals surface area (Å²) in [6.07, 6.45) is 0.856. The number of hydrogen-bond donors (Lipinski definition) is 0. The number of methoxy groups -OCH3 is 1. The van der Waals surface area contributed by atoms with Crippen LogP contribution in [0.15, 0.2) is 18.2 Å². The van der Waals surface area contributed by atoms with Gasteiger partial charge in [0.1, 0.15) is 6.04 Å². The van der Waals surface area contributed by atoms with Crippen LogP contribution in [-0.4, -0.2) is 25.7 Å². The maximum atomic E-state index is 11.5. The summed E-state index contributed by atoms with van der Waals surface area (Å²) in [7, 11) is 1.42. The molecule has 0 radical (unpaired) electrons. The van der Waals surface area contributed by atoms with Gasteiger partial charge in [0.2, 0.25) is 0 Å². The van der Waals surface area contributed by atoms with Gasteiger partial charge in [0.05, 0.1) is 7.11 Å². The topological polar surface area (TPSA) is 29.5 Å². The molecule has 0 saturated carbocycles. The van der Waals surface area contributed by atoms with Gasteiger partial charge in [-0.2, -0.15) is 0 Å². The molecular formula is C12H14ClNO2. The van der Waals surface area contributed by atoms with Gasteiger partial charge < -0.3 is 9.64 Å². The number of rotatable bonds is 2. The molecule has 0 aliphatic carbocycles. The van der Waals surface area contributed by atoms with E-state index in [0.717, 1.165) is 29.2 Å². The Balaban J connectivity index is 2.22. The number of benzene rings is 1. The first kappa shape index (κ1) is 11.3. The molecule has 1 aromatic carbocycles. The van der Waals surface area contributed by atoms with Gasteiger partial charge in [-0.05, 0) is 37.1 Å². The van der Waals surface area contributed by atoms with E-state index in [0.29, 0.717) is 0 Å². The Morgan fingerprint density at radius 3 is 2.81 bits per heavy atom. The lowest BCUT2D eigenvalue weighted by atomic mass is 10.0. The number of anilines is 1. The molecule has 1 heterocycles. The summed E-state index contributed by atoms with van der Waals surface area (Å²) in [4.78, 5) is 13.5. The van der Waals surface area contributed by atoms with Crippen molar-refractivity contribution in [1.82, 2.24) is 0 Å². The standard InChI is InChI=1S/C12H14ClNO2/c1-8-7-9(13)3-4-10(8)14-6-5-11(14)12(15)16-2/h3-4,7,11H,5-6H2,1-2H3. The normalized spacial score (nSPS) is 19.2. The molecule has 0 bridgehead atoms. The van der Waals surface area contributed by atoms with Crippen molar-refractivity contribution in [1.29, 1.82) is 0 Å². The van der Waals surface area contributed by atoms with Crippen LogP contribution in [0.4, 0.5) is 5.69 Å². The van der Waals surface area contributed by atoms with E-state index in [9.17, 15) is 4.79 Å². The van der Waals surface area contributed by atoms with Gasteiger partial charge in [0, 0.05) is 17.3 Å². The summed E-state index contributed by atoms with van der Waals surface area (Å²) in [5.74, 6) is -0.166. The number of hydrogen-bond acceptors (Lipinski definition) is 3. The van der Waals surface area contributed by atoms with Crippen LogP contribution in [0.25, 0.3) is 0 Å². The number of halogens is 1. The summed E-state index contributed by atoms with van der Waals surface area (Å²) in [6.45, 7) is 2.89. The predicted octanol–water partition coefficient (Wildman–Crippen LogP) is 2.40. The van der Waals surface area contributed by atoms with Crippen molar-refractivity contribution in [2.24, 2.45) is 0 Å². The number of ether oxygens (including phenoxy) is 1. The molecular weight excluding hydrogens is 226 g/mol. The Morgan fingerprint density at radius 2 is 2.31 bits per heavy atom. The van der Waals surface area contributed by atoms with Crippen LogP contribution in [-0.2, 0) is 9.53 Å². The van der Waals surface area contributed by atoms with E-state index >= 15 is 0 Å². The van der Waals surface area contributed by atoms with Crippen molar-refractivity contribution in [3.05, 3.63) is 28.8 Å². The van der Waals surface area contributed by atoms with Crippen LogP contribution in [0, 0.1) is 6.92 Å². The summed E-state index contributed by atoms with van der Waals surface area (Å²) < 4.78 is 4.76. The largest absolute Gasteiger partial charge is 0.467 e. The molecule has 0 N–H and O–H groups in total. The Kier molecular flexibility index (Phi) is 3.06. The molecule has 1 aliphatic heterocycles. The predicted molar refractivity (Wildman–Crippen MR) is 64.0 cm³/mol. The summed E-state index contributed by atoms with van der Waals surface area (Å²) in [6, 6.07) is 5.57. The zero-order chi connectivity index (χ0) is 11.7. The van der Waals surface area contributed by atoms with E-state index in [1.165, 1.54) is 7.11 Å². The number of carbonyl (C=O) groups excluding carboxylic acids is 1. The molecule has 0 amide bonds. The van der Waals surface area contributed by atoms with Crippen molar-refractivity contribution in [3.8, 4) is 0 Å². The molecule has 0 spiro atoms. The summed E-state index contributed by atoms with van der Waals surface area (Å²) >= 11 is 5.90. The molecule has 4 heteroatoms. The molecule has 86 valence electrons. The van der Waals surface area contributed by atoms with E-state index in [-0.39, 0.29) is 12.0 Å². The third kappa shape index (κ3) is 1.87. The highest BCUT2D eigenvalue weighted by Gasteiger charge is 2.35. The van der Waals surface area contributed by atoms with Gasteiger partial charge in [0.25, 0.3) is 0 Å². The molecule has 0 aromatic heterocycles. The van der Waals surface area contributed by atoms with Gasteiger partial charge in [-0.15, -0.1) is 0 Å². The number of aryl methyl sites for hydroxylation is 1. The van der Waals surface area contributed by atoms with Crippen molar-refractivity contribution in [2.75, 3.05) is 18.6 Å². The molecule has 1 unspecified atom stereocenters. The summed E-state index contributed by atoms with van der Waals surface area (Å²) in [5, 5.41) is 0.719. The van der Waals surface area contributed by atoms with Crippen molar-refractivity contribution >= 4 is 23.3 Å². The highest BCUT2D eigenvalue weighted by molar-refractivity contribution is 6.30. The van der Waals surface area contributed by atoms with Crippen LogP contribution in [0.5, 0.6) is 0 Å². The van der Waals surface area contributed by atoms with Gasteiger partial charge in [-0.25, -0.2) is 4.79 Å². The number of carbonyl (C=O) groups is 1. The van der Waals surface area contributed by atoms with E-state index in [1.54, 1.807) is 0 Å². The Labute approximate surface area is 100.0 Å². The van der Waals surface area contributed by atoms with Gasteiger partial charge >= 0.3 is 5.97 Å². The lowest BCUT2D eigenvalue weighted by Crippen LogP contribution is -2.53. The maximum Gasteiger partial charge on any atom is 0.328 e. The van der Waals surface area contributed by atoms with Gasteiger partial charge in [-0.3, -0.25) is 0 Å². The third-order valence-electron chi connectivity index (χ3n) is 2.96. The minimum absolute atomic E-state index is 0.134. The molecule has 1 atom stereocenters. The van der Waals surface area contributed by atoms with Crippen LogP contribution in [0.3, 0.4) is 0 Å².